The fourth-order valence-corrected chi connectivity index (χ4v) is 3.56. The normalized spacial score (nSPS) is 16.1. The van der Waals surface area contributed by atoms with Crippen LogP contribution in [0.4, 0.5) is 0 Å². The third-order valence-electron chi connectivity index (χ3n) is 5.25. The Labute approximate surface area is 167 Å². The molecule has 0 saturated heterocycles. The summed E-state index contributed by atoms with van der Waals surface area (Å²) in [5, 5.41) is 3.04. The van der Waals surface area contributed by atoms with Gasteiger partial charge >= 0.3 is 5.97 Å². The van der Waals surface area contributed by atoms with Crippen LogP contribution in [0, 0.1) is 11.3 Å². The quantitative estimate of drug-likeness (QED) is 0.726. The Morgan fingerprint density at radius 2 is 1.57 bits per heavy atom. The van der Waals surface area contributed by atoms with Crippen LogP contribution in [-0.4, -0.2) is 24.0 Å². The van der Waals surface area contributed by atoms with Gasteiger partial charge in [0, 0.05) is 12.1 Å². The standard InChI is InChI=1S/C24H29NO3/c1-23(2,3)28-22(27)24(14-15-24)20(16-18-10-6-4-7-11-18)17-25-21(26)19-12-8-5-9-13-19/h4-13,20H,14-17H2,1-3H3,(H,25,26). The van der Waals surface area contributed by atoms with Gasteiger partial charge in [-0.1, -0.05) is 48.5 Å². The van der Waals surface area contributed by atoms with E-state index in [0.717, 1.165) is 24.8 Å². The molecular weight excluding hydrogens is 350 g/mol. The zero-order valence-electron chi connectivity index (χ0n) is 16.9. The van der Waals surface area contributed by atoms with E-state index in [9.17, 15) is 9.59 Å². The van der Waals surface area contributed by atoms with Crippen molar-refractivity contribution >= 4 is 11.9 Å². The molecule has 4 nitrogen and oxygen atoms in total. The summed E-state index contributed by atoms with van der Waals surface area (Å²) in [6.07, 6.45) is 2.34. The highest BCUT2D eigenvalue weighted by Crippen LogP contribution is 2.54. The first-order chi connectivity index (χ1) is 13.3. The first-order valence-corrected chi connectivity index (χ1v) is 9.91. The summed E-state index contributed by atoms with van der Waals surface area (Å²) in [5.74, 6) is -0.258. The lowest BCUT2D eigenvalue weighted by molar-refractivity contribution is -0.164. The predicted molar refractivity (Wildman–Crippen MR) is 110 cm³/mol. The minimum Gasteiger partial charge on any atom is -0.460 e. The van der Waals surface area contributed by atoms with Crippen LogP contribution in [0.3, 0.4) is 0 Å². The van der Waals surface area contributed by atoms with Gasteiger partial charge in [0.05, 0.1) is 5.41 Å². The fraction of sp³-hybridized carbons (Fsp3) is 0.417. The van der Waals surface area contributed by atoms with Crippen LogP contribution in [0.15, 0.2) is 60.7 Å². The van der Waals surface area contributed by atoms with E-state index in [1.54, 1.807) is 12.1 Å². The number of carbonyl (C=O) groups excluding carboxylic acids is 2. The summed E-state index contributed by atoms with van der Waals surface area (Å²) in [7, 11) is 0. The fourth-order valence-electron chi connectivity index (χ4n) is 3.56. The van der Waals surface area contributed by atoms with E-state index < -0.39 is 11.0 Å². The average molecular weight is 380 g/mol. The third-order valence-corrected chi connectivity index (χ3v) is 5.25. The monoisotopic (exact) mass is 379 g/mol. The number of hydrogen-bond acceptors (Lipinski definition) is 3. The zero-order chi connectivity index (χ0) is 20.2. The number of esters is 1. The lowest BCUT2D eigenvalue weighted by Crippen LogP contribution is -2.40. The van der Waals surface area contributed by atoms with Crippen molar-refractivity contribution in [1.29, 1.82) is 0 Å². The van der Waals surface area contributed by atoms with Gasteiger partial charge in [0.15, 0.2) is 0 Å². The molecule has 28 heavy (non-hydrogen) atoms. The first kappa shape index (κ1) is 20.1. The Morgan fingerprint density at radius 3 is 2.11 bits per heavy atom. The van der Waals surface area contributed by atoms with Gasteiger partial charge in [0.25, 0.3) is 5.91 Å². The summed E-state index contributed by atoms with van der Waals surface area (Å²) in [5.41, 5.74) is 0.768. The summed E-state index contributed by atoms with van der Waals surface area (Å²) < 4.78 is 5.72. The van der Waals surface area contributed by atoms with Gasteiger partial charge in [0.1, 0.15) is 5.60 Å². The molecule has 1 unspecified atom stereocenters. The van der Waals surface area contributed by atoms with Crippen LogP contribution in [0.5, 0.6) is 0 Å². The second-order valence-electron chi connectivity index (χ2n) is 8.62. The second kappa shape index (κ2) is 8.17. The molecule has 1 aliphatic carbocycles. The number of carbonyl (C=O) groups is 2. The van der Waals surface area contributed by atoms with Gasteiger partial charge in [0.2, 0.25) is 0 Å². The molecular formula is C24H29NO3. The molecule has 0 spiro atoms. The number of ether oxygens (including phenoxy) is 1. The molecule has 4 heteroatoms. The molecule has 1 atom stereocenters. The molecule has 1 saturated carbocycles. The number of benzene rings is 2. The largest absolute Gasteiger partial charge is 0.460 e. The number of hydrogen-bond donors (Lipinski definition) is 1. The van der Waals surface area contributed by atoms with E-state index in [2.05, 4.69) is 17.4 Å². The number of amides is 1. The van der Waals surface area contributed by atoms with E-state index in [-0.39, 0.29) is 17.8 Å². The summed E-state index contributed by atoms with van der Waals surface area (Å²) in [4.78, 5) is 25.5. The van der Waals surface area contributed by atoms with Crippen LogP contribution in [0.2, 0.25) is 0 Å². The van der Waals surface area contributed by atoms with Crippen molar-refractivity contribution in [3.63, 3.8) is 0 Å². The van der Waals surface area contributed by atoms with Crippen molar-refractivity contribution in [1.82, 2.24) is 5.32 Å². The number of nitrogens with one attached hydrogen (secondary N) is 1. The Kier molecular flexibility index (Phi) is 5.87. The maximum atomic E-state index is 13.0. The maximum absolute atomic E-state index is 13.0. The Bertz CT molecular complexity index is 805. The zero-order valence-corrected chi connectivity index (χ0v) is 16.9. The molecule has 1 amide bonds. The van der Waals surface area contributed by atoms with Crippen molar-refractivity contribution in [3.05, 3.63) is 71.8 Å². The highest BCUT2D eigenvalue weighted by Gasteiger charge is 2.57. The van der Waals surface area contributed by atoms with E-state index in [4.69, 9.17) is 4.74 Å². The minimum absolute atomic E-state index is 0.00240. The van der Waals surface area contributed by atoms with Gasteiger partial charge in [-0.25, -0.2) is 0 Å². The third kappa shape index (κ3) is 5.00. The summed E-state index contributed by atoms with van der Waals surface area (Å²) in [6, 6.07) is 19.3. The second-order valence-corrected chi connectivity index (χ2v) is 8.62. The molecule has 3 rings (SSSR count). The van der Waals surface area contributed by atoms with Crippen molar-refractivity contribution in [2.75, 3.05) is 6.54 Å². The lowest BCUT2D eigenvalue weighted by atomic mass is 9.83. The van der Waals surface area contributed by atoms with E-state index in [1.165, 1.54) is 0 Å². The Balaban J connectivity index is 1.75. The molecule has 0 bridgehead atoms. The van der Waals surface area contributed by atoms with E-state index in [0.29, 0.717) is 12.1 Å². The van der Waals surface area contributed by atoms with Crippen LogP contribution in [0.1, 0.15) is 49.5 Å². The molecule has 0 aliphatic heterocycles. The van der Waals surface area contributed by atoms with Crippen LogP contribution < -0.4 is 5.32 Å². The average Bonchev–Trinajstić information content (AvgIpc) is 3.47. The van der Waals surface area contributed by atoms with Crippen molar-refractivity contribution in [2.45, 2.75) is 45.6 Å². The highest BCUT2D eigenvalue weighted by atomic mass is 16.6. The highest BCUT2D eigenvalue weighted by molar-refractivity contribution is 5.94. The number of rotatable bonds is 7. The van der Waals surface area contributed by atoms with Crippen LogP contribution in [0.25, 0.3) is 0 Å². The SMILES string of the molecule is CC(C)(C)OC(=O)C1(C(CNC(=O)c2ccccc2)Cc2ccccc2)CC1. The van der Waals surface area contributed by atoms with Crippen LogP contribution >= 0.6 is 0 Å². The summed E-state index contributed by atoms with van der Waals surface area (Å²) in [6.45, 7) is 6.13. The molecule has 148 valence electrons. The van der Waals surface area contributed by atoms with E-state index in [1.807, 2.05) is 57.2 Å². The molecule has 1 aliphatic rings. The Morgan fingerprint density at radius 1 is 1.00 bits per heavy atom. The predicted octanol–water partition coefficient (Wildman–Crippen LogP) is 4.40. The maximum Gasteiger partial charge on any atom is 0.312 e. The molecule has 0 radical (unpaired) electrons. The van der Waals surface area contributed by atoms with Crippen molar-refractivity contribution in [2.24, 2.45) is 11.3 Å². The lowest BCUT2D eigenvalue weighted by Gasteiger charge is -2.29. The van der Waals surface area contributed by atoms with Gasteiger partial charge in [-0.2, -0.15) is 0 Å². The molecule has 2 aromatic rings. The van der Waals surface area contributed by atoms with Gasteiger partial charge in [-0.3, -0.25) is 9.59 Å². The molecule has 1 fully saturated rings. The Hall–Kier alpha value is -2.62. The van der Waals surface area contributed by atoms with Crippen molar-refractivity contribution in [3.8, 4) is 0 Å². The molecule has 0 heterocycles. The first-order valence-electron chi connectivity index (χ1n) is 9.91. The van der Waals surface area contributed by atoms with Gasteiger partial charge < -0.3 is 10.1 Å². The minimum atomic E-state index is -0.517. The smallest absolute Gasteiger partial charge is 0.312 e. The summed E-state index contributed by atoms with van der Waals surface area (Å²) >= 11 is 0. The van der Waals surface area contributed by atoms with Crippen LogP contribution in [-0.2, 0) is 16.0 Å². The van der Waals surface area contributed by atoms with Gasteiger partial charge in [-0.05, 0) is 63.6 Å². The molecule has 2 aromatic carbocycles. The van der Waals surface area contributed by atoms with Crippen molar-refractivity contribution < 1.29 is 14.3 Å². The topological polar surface area (TPSA) is 55.4 Å². The molecule has 0 aromatic heterocycles. The molecule has 1 N–H and O–H groups in total. The van der Waals surface area contributed by atoms with E-state index >= 15 is 0 Å². The van der Waals surface area contributed by atoms with Gasteiger partial charge in [-0.15, -0.1) is 0 Å².